The van der Waals surface area contributed by atoms with Crippen molar-refractivity contribution in [3.05, 3.63) is 29.8 Å². The van der Waals surface area contributed by atoms with Crippen molar-refractivity contribution in [2.24, 2.45) is 0 Å². The third-order valence-electron chi connectivity index (χ3n) is 3.93. The highest BCUT2D eigenvalue weighted by Crippen LogP contribution is 2.34. The molecule has 2 aromatic heterocycles. The van der Waals surface area contributed by atoms with Crippen molar-refractivity contribution in [1.82, 2.24) is 19.3 Å². The van der Waals surface area contributed by atoms with Crippen LogP contribution in [0.3, 0.4) is 0 Å². The van der Waals surface area contributed by atoms with E-state index >= 15 is 0 Å². The number of likely N-dealkylation sites (tertiary alicyclic amines) is 1. The lowest BCUT2D eigenvalue weighted by molar-refractivity contribution is -0.142. The molecule has 1 unspecified atom stereocenters. The van der Waals surface area contributed by atoms with Crippen LogP contribution in [0.2, 0.25) is 0 Å². The van der Waals surface area contributed by atoms with Crippen LogP contribution in [-0.2, 0) is 11.0 Å². The molecule has 118 valence electrons. The summed E-state index contributed by atoms with van der Waals surface area (Å²) in [5, 5.41) is 0. The first-order valence-corrected chi connectivity index (χ1v) is 7.06. The molecule has 0 aliphatic carbocycles. The van der Waals surface area contributed by atoms with Gasteiger partial charge in [-0.15, -0.1) is 0 Å². The van der Waals surface area contributed by atoms with Gasteiger partial charge in [-0.05, 0) is 25.3 Å². The highest BCUT2D eigenvalue weighted by molar-refractivity contribution is 5.73. The van der Waals surface area contributed by atoms with Gasteiger partial charge >= 0.3 is 6.18 Å². The molecular formula is C14H15F3N4O. The maximum Gasteiger partial charge on any atom is 0.431 e. The minimum Gasteiger partial charge on any atom is -0.334 e. The Morgan fingerprint density at radius 1 is 1.36 bits per heavy atom. The molecule has 1 aliphatic heterocycles. The van der Waals surface area contributed by atoms with Gasteiger partial charge in [-0.3, -0.25) is 9.20 Å². The lowest BCUT2D eigenvalue weighted by atomic mass is 9.98. The Bertz CT molecular complexity index is 710. The van der Waals surface area contributed by atoms with E-state index in [2.05, 4.69) is 9.97 Å². The fourth-order valence-electron chi connectivity index (χ4n) is 2.93. The summed E-state index contributed by atoms with van der Waals surface area (Å²) in [7, 11) is 0. The first-order valence-electron chi connectivity index (χ1n) is 7.06. The number of rotatable bonds is 1. The summed E-state index contributed by atoms with van der Waals surface area (Å²) in [6, 6.07) is 0.606. The molecule has 2 aromatic rings. The summed E-state index contributed by atoms with van der Waals surface area (Å²) < 4.78 is 40.6. The molecule has 0 saturated carbocycles. The number of fused-ring (bicyclic) bond motifs is 1. The van der Waals surface area contributed by atoms with Crippen molar-refractivity contribution in [3.8, 4) is 0 Å². The Morgan fingerprint density at radius 3 is 2.82 bits per heavy atom. The van der Waals surface area contributed by atoms with E-state index in [1.165, 1.54) is 19.3 Å². The molecule has 3 rings (SSSR count). The maximum atomic E-state index is 13.2. The third kappa shape index (κ3) is 2.53. The monoisotopic (exact) mass is 312 g/mol. The molecule has 1 amide bonds. The van der Waals surface area contributed by atoms with E-state index in [1.54, 1.807) is 4.90 Å². The van der Waals surface area contributed by atoms with Gasteiger partial charge in [0, 0.05) is 25.9 Å². The topological polar surface area (TPSA) is 50.5 Å². The van der Waals surface area contributed by atoms with Crippen LogP contribution in [0, 0.1) is 0 Å². The molecule has 1 atom stereocenters. The Labute approximate surface area is 124 Å². The molecule has 1 aliphatic rings. The van der Waals surface area contributed by atoms with Crippen LogP contribution in [0.25, 0.3) is 5.78 Å². The summed E-state index contributed by atoms with van der Waals surface area (Å²) in [4.78, 5) is 21.4. The Balaban J connectivity index is 2.12. The number of aromatic nitrogens is 3. The van der Waals surface area contributed by atoms with Crippen molar-refractivity contribution in [3.63, 3.8) is 0 Å². The average Bonchev–Trinajstić information content (AvgIpc) is 2.93. The second kappa shape index (κ2) is 5.26. The molecule has 3 heterocycles. The number of imidazole rings is 1. The smallest absolute Gasteiger partial charge is 0.334 e. The van der Waals surface area contributed by atoms with Crippen LogP contribution in [-0.4, -0.2) is 31.7 Å². The predicted octanol–water partition coefficient (Wildman–Crippen LogP) is 2.82. The number of nitrogens with zero attached hydrogens (tertiary/aromatic N) is 4. The molecular weight excluding hydrogens is 297 g/mol. The Kier molecular flexibility index (Phi) is 3.54. The number of halogens is 3. The molecule has 22 heavy (non-hydrogen) atoms. The van der Waals surface area contributed by atoms with E-state index in [0.717, 1.165) is 23.3 Å². The van der Waals surface area contributed by atoms with Gasteiger partial charge in [0.15, 0.2) is 0 Å². The van der Waals surface area contributed by atoms with Crippen LogP contribution in [0.4, 0.5) is 13.2 Å². The van der Waals surface area contributed by atoms with Crippen molar-refractivity contribution < 1.29 is 18.0 Å². The van der Waals surface area contributed by atoms with E-state index in [0.29, 0.717) is 13.0 Å². The largest absolute Gasteiger partial charge is 0.431 e. The number of hydrogen-bond donors (Lipinski definition) is 0. The normalized spacial score (nSPS) is 19.6. The van der Waals surface area contributed by atoms with E-state index in [1.807, 2.05) is 0 Å². The van der Waals surface area contributed by atoms with Crippen molar-refractivity contribution in [1.29, 1.82) is 0 Å². The van der Waals surface area contributed by atoms with Crippen LogP contribution in [0.1, 0.15) is 43.6 Å². The van der Waals surface area contributed by atoms with Gasteiger partial charge in [0.05, 0.1) is 11.7 Å². The van der Waals surface area contributed by atoms with Gasteiger partial charge in [0.1, 0.15) is 5.69 Å². The first-order chi connectivity index (χ1) is 10.4. The number of carbonyl (C=O) groups excluding carboxylic acids is 1. The molecule has 1 saturated heterocycles. The molecule has 0 spiro atoms. The zero-order valence-electron chi connectivity index (χ0n) is 12.0. The summed E-state index contributed by atoms with van der Waals surface area (Å²) in [6.07, 6.45) is 0.335. The van der Waals surface area contributed by atoms with Crippen LogP contribution in [0.15, 0.2) is 18.5 Å². The average molecular weight is 312 g/mol. The molecule has 5 nitrogen and oxygen atoms in total. The first kappa shape index (κ1) is 14.8. The van der Waals surface area contributed by atoms with E-state index < -0.39 is 17.9 Å². The predicted molar refractivity (Wildman–Crippen MR) is 72.0 cm³/mol. The van der Waals surface area contributed by atoms with Crippen molar-refractivity contribution >= 4 is 11.7 Å². The van der Waals surface area contributed by atoms with Crippen LogP contribution >= 0.6 is 0 Å². The lowest BCUT2D eigenvalue weighted by Crippen LogP contribution is -2.37. The Hall–Kier alpha value is -2.12. The second-order valence-corrected chi connectivity index (χ2v) is 5.39. The highest BCUT2D eigenvalue weighted by atomic mass is 19.4. The van der Waals surface area contributed by atoms with Gasteiger partial charge in [0.25, 0.3) is 0 Å². The summed E-state index contributed by atoms with van der Waals surface area (Å²) in [6.45, 7) is 1.97. The van der Waals surface area contributed by atoms with Gasteiger partial charge in [0.2, 0.25) is 11.7 Å². The number of amides is 1. The molecule has 0 N–H and O–H groups in total. The van der Waals surface area contributed by atoms with E-state index in [9.17, 15) is 18.0 Å². The van der Waals surface area contributed by atoms with Gasteiger partial charge in [-0.25, -0.2) is 9.97 Å². The number of piperidine rings is 1. The molecule has 8 heteroatoms. The van der Waals surface area contributed by atoms with E-state index in [-0.39, 0.29) is 17.4 Å². The second-order valence-electron chi connectivity index (χ2n) is 5.39. The highest BCUT2D eigenvalue weighted by Gasteiger charge is 2.36. The lowest BCUT2D eigenvalue weighted by Gasteiger charge is -2.34. The molecule has 1 fully saturated rings. The standard InChI is InChI=1S/C14H15F3N4O/c1-9(22)20-6-3-2-4-11(20)10-8-12(14(15,16)17)21-7-5-18-13(21)19-10/h5,7-8,11H,2-4,6H2,1H3. The number of carbonyl (C=O) groups is 1. The van der Waals surface area contributed by atoms with Crippen LogP contribution < -0.4 is 0 Å². The minimum absolute atomic E-state index is 0.00102. The van der Waals surface area contributed by atoms with Crippen LogP contribution in [0.5, 0.6) is 0 Å². The molecule has 0 aromatic carbocycles. The van der Waals surface area contributed by atoms with Crippen molar-refractivity contribution in [2.45, 2.75) is 38.4 Å². The number of hydrogen-bond acceptors (Lipinski definition) is 3. The van der Waals surface area contributed by atoms with Crippen molar-refractivity contribution in [2.75, 3.05) is 6.54 Å². The zero-order valence-corrected chi connectivity index (χ0v) is 12.0. The molecule has 0 bridgehead atoms. The van der Waals surface area contributed by atoms with Gasteiger partial charge in [-0.1, -0.05) is 0 Å². The van der Waals surface area contributed by atoms with E-state index in [4.69, 9.17) is 0 Å². The summed E-state index contributed by atoms with van der Waals surface area (Å²) in [5.74, 6) is -0.151. The third-order valence-corrected chi connectivity index (χ3v) is 3.93. The fourth-order valence-corrected chi connectivity index (χ4v) is 2.93. The maximum absolute atomic E-state index is 13.2. The molecule has 0 radical (unpaired) electrons. The minimum atomic E-state index is -4.51. The fraction of sp³-hybridized carbons (Fsp3) is 0.500. The number of alkyl halides is 3. The Morgan fingerprint density at radius 2 is 2.14 bits per heavy atom. The SMILES string of the molecule is CC(=O)N1CCCCC1c1cc(C(F)(F)F)n2ccnc2n1. The quantitative estimate of drug-likeness (QED) is 0.813. The zero-order chi connectivity index (χ0) is 15.9. The summed E-state index contributed by atoms with van der Waals surface area (Å²) in [5.41, 5.74) is -0.569. The van der Waals surface area contributed by atoms with Gasteiger partial charge in [-0.2, -0.15) is 13.2 Å². The summed E-state index contributed by atoms with van der Waals surface area (Å²) >= 11 is 0. The van der Waals surface area contributed by atoms with Gasteiger partial charge < -0.3 is 4.90 Å².